The Morgan fingerprint density at radius 3 is 2.78 bits per heavy atom. The maximum absolute atomic E-state index is 11.6. The lowest BCUT2D eigenvalue weighted by Gasteiger charge is -2.06. The number of anilines is 1. The van der Waals surface area contributed by atoms with E-state index in [0.29, 0.717) is 36.8 Å². The largest absolute Gasteiger partial charge is 0.398 e. The minimum absolute atomic E-state index is 0.0747. The van der Waals surface area contributed by atoms with Crippen molar-refractivity contribution >= 4 is 16.5 Å². The van der Waals surface area contributed by atoms with Crippen LogP contribution in [0.1, 0.15) is 12.8 Å². The normalized spacial score (nSPS) is 12.5. The van der Waals surface area contributed by atoms with Gasteiger partial charge in [-0.1, -0.05) is 0 Å². The van der Waals surface area contributed by atoms with Gasteiger partial charge in [-0.2, -0.15) is 0 Å². The van der Waals surface area contributed by atoms with Crippen molar-refractivity contribution < 1.29 is 8.95 Å². The molecule has 0 aliphatic heterocycles. The van der Waals surface area contributed by atoms with Crippen molar-refractivity contribution in [2.24, 2.45) is 0 Å². The van der Waals surface area contributed by atoms with Crippen LogP contribution < -0.4 is 11.3 Å². The predicted octanol–water partition coefficient (Wildman–Crippen LogP) is 0.606. The molecule has 0 aliphatic carbocycles. The van der Waals surface area contributed by atoms with Crippen LogP contribution in [0.25, 0.3) is 0 Å². The summed E-state index contributed by atoms with van der Waals surface area (Å²) in [6, 6.07) is 3.03. The molecular formula is C12H20N2O3S. The zero-order valence-corrected chi connectivity index (χ0v) is 11.4. The van der Waals surface area contributed by atoms with Gasteiger partial charge in [-0.3, -0.25) is 9.00 Å². The second-order valence-corrected chi connectivity index (χ2v) is 5.74. The molecule has 1 rings (SSSR count). The van der Waals surface area contributed by atoms with Crippen LogP contribution in [0.2, 0.25) is 0 Å². The van der Waals surface area contributed by atoms with Gasteiger partial charge in [0.1, 0.15) is 0 Å². The van der Waals surface area contributed by atoms with E-state index < -0.39 is 10.8 Å². The molecule has 0 aliphatic rings. The lowest BCUT2D eigenvalue weighted by molar-refractivity contribution is 0.200. The van der Waals surface area contributed by atoms with E-state index in [4.69, 9.17) is 10.5 Å². The van der Waals surface area contributed by atoms with Gasteiger partial charge in [0.2, 0.25) is 0 Å². The number of hydrogen-bond acceptors (Lipinski definition) is 4. The van der Waals surface area contributed by atoms with Crippen molar-refractivity contribution in [1.29, 1.82) is 0 Å². The summed E-state index contributed by atoms with van der Waals surface area (Å²) in [6.45, 7) is 1.19. The Kier molecular flexibility index (Phi) is 6.67. The van der Waals surface area contributed by atoms with Crippen molar-refractivity contribution in [3.63, 3.8) is 0 Å². The standard InChI is InChI=1S/C12H20N2O3S/c1-17-7-3-9-18(16)8-2-6-14-10-11(13)4-5-12(14)15/h4-5,10H,2-3,6-9,13H2,1H3. The van der Waals surface area contributed by atoms with Gasteiger partial charge in [-0.15, -0.1) is 0 Å². The maximum Gasteiger partial charge on any atom is 0.250 e. The molecule has 5 nitrogen and oxygen atoms in total. The molecule has 0 fully saturated rings. The summed E-state index contributed by atoms with van der Waals surface area (Å²) in [7, 11) is 0.800. The summed E-state index contributed by atoms with van der Waals surface area (Å²) in [5.74, 6) is 1.25. The van der Waals surface area contributed by atoms with Gasteiger partial charge in [-0.05, 0) is 18.9 Å². The number of pyridine rings is 1. The molecule has 0 spiro atoms. The first kappa shape index (κ1) is 14.9. The van der Waals surface area contributed by atoms with Crippen LogP contribution in [-0.4, -0.2) is 34.0 Å². The summed E-state index contributed by atoms with van der Waals surface area (Å²) in [5.41, 5.74) is 6.10. The van der Waals surface area contributed by atoms with E-state index in [-0.39, 0.29) is 5.56 Å². The van der Waals surface area contributed by atoms with E-state index in [1.807, 2.05) is 0 Å². The Morgan fingerprint density at radius 1 is 1.33 bits per heavy atom. The van der Waals surface area contributed by atoms with E-state index in [0.717, 1.165) is 6.42 Å². The third-order valence-electron chi connectivity index (χ3n) is 2.50. The number of nitrogens with zero attached hydrogens (tertiary/aromatic N) is 1. The van der Waals surface area contributed by atoms with Gasteiger partial charge >= 0.3 is 0 Å². The van der Waals surface area contributed by atoms with Gasteiger partial charge in [-0.25, -0.2) is 0 Å². The van der Waals surface area contributed by atoms with E-state index in [9.17, 15) is 9.00 Å². The van der Waals surface area contributed by atoms with Crippen molar-refractivity contribution in [3.8, 4) is 0 Å². The average molecular weight is 272 g/mol. The smallest absolute Gasteiger partial charge is 0.250 e. The third kappa shape index (κ3) is 5.46. The number of rotatable bonds is 8. The molecule has 1 atom stereocenters. The molecule has 0 bridgehead atoms. The highest BCUT2D eigenvalue weighted by Crippen LogP contribution is 1.98. The van der Waals surface area contributed by atoms with Crippen LogP contribution >= 0.6 is 0 Å². The summed E-state index contributed by atoms with van der Waals surface area (Å²) in [6.07, 6.45) is 3.14. The highest BCUT2D eigenvalue weighted by Gasteiger charge is 2.01. The van der Waals surface area contributed by atoms with E-state index in [1.165, 1.54) is 6.07 Å². The molecule has 0 saturated heterocycles. The first-order chi connectivity index (χ1) is 8.63. The van der Waals surface area contributed by atoms with Gasteiger partial charge in [0, 0.05) is 60.5 Å². The van der Waals surface area contributed by atoms with E-state index in [1.54, 1.807) is 23.9 Å². The van der Waals surface area contributed by atoms with Gasteiger partial charge < -0.3 is 15.0 Å². The van der Waals surface area contributed by atoms with Gasteiger partial charge in [0.15, 0.2) is 0 Å². The summed E-state index contributed by atoms with van der Waals surface area (Å²) < 4.78 is 18.1. The Morgan fingerprint density at radius 2 is 2.06 bits per heavy atom. The second-order valence-electron chi connectivity index (χ2n) is 4.04. The topological polar surface area (TPSA) is 74.3 Å². The van der Waals surface area contributed by atoms with E-state index in [2.05, 4.69) is 0 Å². The van der Waals surface area contributed by atoms with Gasteiger partial charge in [0.05, 0.1) is 0 Å². The van der Waals surface area contributed by atoms with E-state index >= 15 is 0 Å². The van der Waals surface area contributed by atoms with Crippen LogP contribution in [0.15, 0.2) is 23.1 Å². The van der Waals surface area contributed by atoms with Crippen molar-refractivity contribution in [3.05, 3.63) is 28.7 Å². The molecule has 2 N–H and O–H groups in total. The maximum atomic E-state index is 11.6. The molecule has 0 radical (unpaired) electrons. The number of methoxy groups -OCH3 is 1. The Labute approximate surface area is 109 Å². The fourth-order valence-electron chi connectivity index (χ4n) is 1.59. The van der Waals surface area contributed by atoms with Gasteiger partial charge in [0.25, 0.3) is 5.56 Å². The van der Waals surface area contributed by atoms with Crippen LogP contribution in [0, 0.1) is 0 Å². The SMILES string of the molecule is COCCCS(=O)CCCn1cc(N)ccc1=O. The zero-order chi connectivity index (χ0) is 13.4. The van der Waals surface area contributed by atoms with Crippen LogP contribution in [-0.2, 0) is 22.1 Å². The molecule has 1 aromatic heterocycles. The minimum atomic E-state index is -0.834. The first-order valence-corrected chi connectivity index (χ1v) is 7.42. The molecule has 0 saturated carbocycles. The highest BCUT2D eigenvalue weighted by molar-refractivity contribution is 7.84. The Hall–Kier alpha value is -1.14. The molecule has 102 valence electrons. The molecule has 6 heteroatoms. The molecule has 18 heavy (non-hydrogen) atoms. The zero-order valence-electron chi connectivity index (χ0n) is 10.6. The molecule has 1 unspecified atom stereocenters. The fraction of sp³-hybridized carbons (Fsp3) is 0.583. The van der Waals surface area contributed by atoms with Crippen LogP contribution in [0.3, 0.4) is 0 Å². The van der Waals surface area contributed by atoms with Crippen LogP contribution in [0.4, 0.5) is 5.69 Å². The molecular weight excluding hydrogens is 252 g/mol. The molecule has 1 aromatic rings. The number of aryl methyl sites for hydroxylation is 1. The Balaban J connectivity index is 2.31. The molecule has 0 aromatic carbocycles. The summed E-state index contributed by atoms with van der Waals surface area (Å²) in [4.78, 5) is 11.5. The number of nitrogens with two attached hydrogens (primary N) is 1. The number of ether oxygens (including phenoxy) is 1. The lowest BCUT2D eigenvalue weighted by atomic mass is 10.4. The monoisotopic (exact) mass is 272 g/mol. The van der Waals surface area contributed by atoms with Crippen molar-refractivity contribution in [2.75, 3.05) is 31.0 Å². The number of nitrogen functional groups attached to an aromatic ring is 1. The predicted molar refractivity (Wildman–Crippen MR) is 74.1 cm³/mol. The summed E-state index contributed by atoms with van der Waals surface area (Å²) >= 11 is 0. The Bertz CT molecular complexity index is 445. The average Bonchev–Trinajstić information content (AvgIpc) is 2.34. The second kappa shape index (κ2) is 8.05. The van der Waals surface area contributed by atoms with Crippen molar-refractivity contribution in [2.45, 2.75) is 19.4 Å². The van der Waals surface area contributed by atoms with Crippen LogP contribution in [0.5, 0.6) is 0 Å². The third-order valence-corrected chi connectivity index (χ3v) is 3.99. The number of aromatic nitrogens is 1. The minimum Gasteiger partial charge on any atom is -0.398 e. The first-order valence-electron chi connectivity index (χ1n) is 5.93. The quantitative estimate of drug-likeness (QED) is 0.703. The summed E-state index contributed by atoms with van der Waals surface area (Å²) in [5, 5.41) is 0. The molecule has 0 amide bonds. The number of hydrogen-bond donors (Lipinski definition) is 1. The lowest BCUT2D eigenvalue weighted by Crippen LogP contribution is -2.20. The van der Waals surface area contributed by atoms with Crippen molar-refractivity contribution in [1.82, 2.24) is 4.57 Å². The highest BCUT2D eigenvalue weighted by atomic mass is 32.2. The fourth-order valence-corrected chi connectivity index (χ4v) is 2.68. The molecule has 1 heterocycles.